The van der Waals surface area contributed by atoms with E-state index in [0.29, 0.717) is 13.0 Å². The fourth-order valence-corrected chi connectivity index (χ4v) is 4.49. The van der Waals surface area contributed by atoms with E-state index in [9.17, 15) is 9.59 Å². The molecule has 0 unspecified atom stereocenters. The van der Waals surface area contributed by atoms with Crippen molar-refractivity contribution >= 4 is 11.8 Å². The van der Waals surface area contributed by atoms with Gasteiger partial charge in [-0.05, 0) is 32.9 Å². The van der Waals surface area contributed by atoms with Gasteiger partial charge in [-0.15, -0.1) is 0 Å². The molecule has 6 heteroatoms. The Labute approximate surface area is 153 Å². The number of rotatable bonds is 5. The molecule has 4 rings (SSSR count). The molecule has 0 radical (unpaired) electrons. The fourth-order valence-electron chi connectivity index (χ4n) is 4.49. The molecule has 3 aliphatic rings. The largest absolute Gasteiger partial charge is 0.360 e. The van der Waals surface area contributed by atoms with Gasteiger partial charge in [0.25, 0.3) is 0 Å². The first-order valence-corrected chi connectivity index (χ1v) is 9.29. The van der Waals surface area contributed by atoms with Crippen LogP contribution < -0.4 is 5.32 Å². The summed E-state index contributed by atoms with van der Waals surface area (Å²) in [6, 6.07) is 5.80. The third-order valence-electron chi connectivity index (χ3n) is 5.69. The number of hydrogen-bond donors (Lipinski definition) is 1. The molecule has 0 saturated carbocycles. The van der Waals surface area contributed by atoms with Crippen molar-refractivity contribution < 1.29 is 14.3 Å². The monoisotopic (exact) mass is 355 g/mol. The Bertz CT molecular complexity index is 748. The number of carbonyl (C=O) groups is 2. The van der Waals surface area contributed by atoms with E-state index in [1.165, 1.54) is 0 Å². The summed E-state index contributed by atoms with van der Waals surface area (Å²) in [7, 11) is 0. The number of hydrogen-bond acceptors (Lipinski definition) is 4. The van der Waals surface area contributed by atoms with Crippen molar-refractivity contribution in [1.82, 2.24) is 15.2 Å². The quantitative estimate of drug-likeness (QED) is 0.809. The van der Waals surface area contributed by atoms with E-state index >= 15 is 0 Å². The predicted octanol–water partition coefficient (Wildman–Crippen LogP) is 1.32. The first kappa shape index (κ1) is 17.2. The lowest BCUT2D eigenvalue weighted by atomic mass is 9.76. The molecule has 6 nitrogen and oxygen atoms in total. The highest BCUT2D eigenvalue weighted by Gasteiger charge is 2.67. The summed E-state index contributed by atoms with van der Waals surface area (Å²) in [5.74, 6) is -0.942. The first-order valence-electron chi connectivity index (χ1n) is 9.29. The van der Waals surface area contributed by atoms with E-state index in [0.717, 1.165) is 5.69 Å². The van der Waals surface area contributed by atoms with Gasteiger partial charge in [0.2, 0.25) is 11.8 Å². The van der Waals surface area contributed by atoms with Crippen molar-refractivity contribution in [2.24, 2.45) is 11.8 Å². The Morgan fingerprint density at radius 3 is 2.92 bits per heavy atom. The highest BCUT2D eigenvalue weighted by Crippen LogP contribution is 2.52. The molecule has 2 saturated heterocycles. The van der Waals surface area contributed by atoms with Crippen LogP contribution in [-0.2, 0) is 20.7 Å². The molecule has 4 heterocycles. The van der Waals surface area contributed by atoms with E-state index in [4.69, 9.17) is 4.74 Å². The number of aromatic nitrogens is 1. The van der Waals surface area contributed by atoms with Crippen molar-refractivity contribution in [3.05, 3.63) is 42.2 Å². The maximum atomic E-state index is 13.0. The minimum atomic E-state index is -0.627. The molecule has 26 heavy (non-hydrogen) atoms. The summed E-state index contributed by atoms with van der Waals surface area (Å²) in [6.07, 6.45) is 6.04. The van der Waals surface area contributed by atoms with E-state index in [1.807, 2.05) is 56.0 Å². The summed E-state index contributed by atoms with van der Waals surface area (Å²) in [6.45, 7) is 6.49. The standard InChI is InChI=1S/C20H25N3O3/c1-12(2)23-11-20-8-7-15(26-20)16(17(20)19(23)25)18(24)22-13(3)10-14-6-4-5-9-21-14/h4-9,12-13,15-17H,10-11H2,1-3H3,(H,22,24)/t13-,15-,16+,17+,20+/m1/s1. The first-order chi connectivity index (χ1) is 12.4. The minimum Gasteiger partial charge on any atom is -0.360 e. The number of likely N-dealkylation sites (tertiary alicyclic amines) is 1. The molecule has 3 aliphatic heterocycles. The maximum Gasteiger partial charge on any atom is 0.230 e. The van der Waals surface area contributed by atoms with Crippen molar-refractivity contribution in [2.45, 2.75) is 51.0 Å². The zero-order chi connectivity index (χ0) is 18.5. The van der Waals surface area contributed by atoms with Crippen molar-refractivity contribution in [3.8, 4) is 0 Å². The summed E-state index contributed by atoms with van der Waals surface area (Å²) in [5, 5.41) is 3.07. The molecule has 1 aromatic rings. The van der Waals surface area contributed by atoms with Crippen LogP contribution in [0.1, 0.15) is 26.5 Å². The molecule has 1 spiro atoms. The number of amides is 2. The third-order valence-corrected chi connectivity index (χ3v) is 5.69. The number of pyridine rings is 1. The van der Waals surface area contributed by atoms with Crippen LogP contribution in [0.15, 0.2) is 36.5 Å². The lowest BCUT2D eigenvalue weighted by molar-refractivity contribution is -0.138. The molecular formula is C20H25N3O3. The second kappa shape index (κ2) is 6.20. The molecule has 2 bridgehead atoms. The average molecular weight is 355 g/mol. The Balaban J connectivity index is 1.48. The molecule has 1 aromatic heterocycles. The highest BCUT2D eigenvalue weighted by molar-refractivity contribution is 5.93. The fraction of sp³-hybridized carbons (Fsp3) is 0.550. The number of carbonyl (C=O) groups excluding carboxylic acids is 2. The van der Waals surface area contributed by atoms with E-state index in [2.05, 4.69) is 10.3 Å². The summed E-state index contributed by atoms with van der Waals surface area (Å²) < 4.78 is 6.12. The predicted molar refractivity (Wildman–Crippen MR) is 96.1 cm³/mol. The smallest absolute Gasteiger partial charge is 0.230 e. The van der Waals surface area contributed by atoms with Crippen LogP contribution in [-0.4, -0.2) is 52.0 Å². The minimum absolute atomic E-state index is 0.0318. The molecule has 1 N–H and O–H groups in total. The van der Waals surface area contributed by atoms with Crippen molar-refractivity contribution in [3.63, 3.8) is 0 Å². The Kier molecular flexibility index (Phi) is 4.10. The Morgan fingerprint density at radius 1 is 1.42 bits per heavy atom. The highest BCUT2D eigenvalue weighted by atomic mass is 16.5. The van der Waals surface area contributed by atoms with Gasteiger partial charge < -0.3 is 15.0 Å². The third kappa shape index (κ3) is 2.63. The normalized spacial score (nSPS) is 33.0. The van der Waals surface area contributed by atoms with Crippen molar-refractivity contribution in [2.75, 3.05) is 6.54 Å². The van der Waals surface area contributed by atoms with Gasteiger partial charge in [0, 0.05) is 30.4 Å². The lowest BCUT2D eigenvalue weighted by Gasteiger charge is -2.25. The van der Waals surface area contributed by atoms with E-state index in [-0.39, 0.29) is 30.0 Å². The topological polar surface area (TPSA) is 71.5 Å². The van der Waals surface area contributed by atoms with Crippen LogP contribution >= 0.6 is 0 Å². The van der Waals surface area contributed by atoms with Gasteiger partial charge in [-0.2, -0.15) is 0 Å². The van der Waals surface area contributed by atoms with Gasteiger partial charge in [0.15, 0.2) is 0 Å². The van der Waals surface area contributed by atoms with Crippen molar-refractivity contribution in [1.29, 1.82) is 0 Å². The van der Waals surface area contributed by atoms with Crippen LogP contribution in [0.25, 0.3) is 0 Å². The zero-order valence-electron chi connectivity index (χ0n) is 15.4. The van der Waals surface area contributed by atoms with Crippen LogP contribution in [0.3, 0.4) is 0 Å². The molecule has 2 fully saturated rings. The van der Waals surface area contributed by atoms with E-state index < -0.39 is 17.4 Å². The van der Waals surface area contributed by atoms with Crippen LogP contribution in [0.5, 0.6) is 0 Å². The summed E-state index contributed by atoms with van der Waals surface area (Å²) >= 11 is 0. The van der Waals surface area contributed by atoms with Crippen LogP contribution in [0, 0.1) is 11.8 Å². The van der Waals surface area contributed by atoms with Gasteiger partial charge in [0.1, 0.15) is 5.60 Å². The van der Waals surface area contributed by atoms with Crippen LogP contribution in [0.2, 0.25) is 0 Å². The van der Waals surface area contributed by atoms with Crippen LogP contribution in [0.4, 0.5) is 0 Å². The summed E-state index contributed by atoms with van der Waals surface area (Å²) in [4.78, 5) is 32.0. The molecule has 5 atom stereocenters. The average Bonchev–Trinajstić information content (AvgIpc) is 3.24. The number of nitrogens with one attached hydrogen (secondary N) is 1. The van der Waals surface area contributed by atoms with Gasteiger partial charge >= 0.3 is 0 Å². The lowest BCUT2D eigenvalue weighted by Crippen LogP contribution is -2.47. The number of fused-ring (bicyclic) bond motifs is 1. The molecule has 2 amide bonds. The van der Waals surface area contributed by atoms with Gasteiger partial charge in [-0.25, -0.2) is 0 Å². The number of nitrogens with zero attached hydrogens (tertiary/aromatic N) is 2. The number of ether oxygens (including phenoxy) is 1. The zero-order valence-corrected chi connectivity index (χ0v) is 15.4. The van der Waals surface area contributed by atoms with E-state index in [1.54, 1.807) is 6.20 Å². The van der Waals surface area contributed by atoms with Gasteiger partial charge in [-0.3, -0.25) is 14.6 Å². The molecule has 0 aliphatic carbocycles. The molecule has 0 aromatic carbocycles. The second-order valence-corrected chi connectivity index (χ2v) is 7.89. The molecule has 138 valence electrons. The maximum absolute atomic E-state index is 13.0. The Morgan fingerprint density at radius 2 is 2.23 bits per heavy atom. The SMILES string of the molecule is CC(C)N1C[C@]23C=C[C@@H](O2)[C@H](C(=O)N[C@H](C)Cc2ccccn2)[C@H]3C1=O. The summed E-state index contributed by atoms with van der Waals surface area (Å²) in [5.41, 5.74) is 0.307. The van der Waals surface area contributed by atoms with Gasteiger partial charge in [0.05, 0.1) is 24.5 Å². The molecular weight excluding hydrogens is 330 g/mol. The second-order valence-electron chi connectivity index (χ2n) is 7.89. The van der Waals surface area contributed by atoms with Gasteiger partial charge in [-0.1, -0.05) is 18.2 Å². The Hall–Kier alpha value is -2.21.